The standard InChI is InChI=1S/C9H12N2O2S/c12-3-1-9-10-8(11-13-9)5-7-2-4-14-6-7/h3,7H,1-2,4-6H2. The highest BCUT2D eigenvalue weighted by atomic mass is 32.2. The van der Waals surface area contributed by atoms with Gasteiger partial charge >= 0.3 is 0 Å². The van der Waals surface area contributed by atoms with E-state index in [4.69, 9.17) is 4.52 Å². The van der Waals surface area contributed by atoms with E-state index in [0.717, 1.165) is 18.5 Å². The van der Waals surface area contributed by atoms with Gasteiger partial charge in [0, 0.05) is 6.42 Å². The molecule has 0 radical (unpaired) electrons. The molecule has 14 heavy (non-hydrogen) atoms. The van der Waals surface area contributed by atoms with Gasteiger partial charge in [0.15, 0.2) is 5.82 Å². The molecule has 4 nitrogen and oxygen atoms in total. The lowest BCUT2D eigenvalue weighted by Gasteiger charge is -2.01. The smallest absolute Gasteiger partial charge is 0.233 e. The Morgan fingerprint density at radius 3 is 3.29 bits per heavy atom. The molecule has 0 spiro atoms. The summed E-state index contributed by atoms with van der Waals surface area (Å²) < 4.78 is 4.92. The molecule has 1 aromatic heterocycles. The van der Waals surface area contributed by atoms with E-state index in [1.54, 1.807) is 0 Å². The Hall–Kier alpha value is -0.840. The molecule has 2 heterocycles. The van der Waals surface area contributed by atoms with Gasteiger partial charge in [-0.2, -0.15) is 16.7 Å². The minimum Gasteiger partial charge on any atom is -0.339 e. The number of hydrogen-bond donors (Lipinski definition) is 0. The molecule has 0 N–H and O–H groups in total. The van der Waals surface area contributed by atoms with Crippen LogP contribution in [0, 0.1) is 5.92 Å². The first-order valence-electron chi connectivity index (χ1n) is 4.71. The molecular weight excluding hydrogens is 200 g/mol. The Bertz CT molecular complexity index is 308. The number of rotatable bonds is 4. The molecule has 0 aromatic carbocycles. The van der Waals surface area contributed by atoms with Gasteiger partial charge in [0.25, 0.3) is 0 Å². The fraction of sp³-hybridized carbons (Fsp3) is 0.667. The second kappa shape index (κ2) is 4.59. The lowest BCUT2D eigenvalue weighted by atomic mass is 10.1. The van der Waals surface area contributed by atoms with E-state index in [-0.39, 0.29) is 6.42 Å². The fourth-order valence-corrected chi connectivity index (χ4v) is 2.81. The van der Waals surface area contributed by atoms with Crippen LogP contribution in [0.1, 0.15) is 18.1 Å². The van der Waals surface area contributed by atoms with Crippen LogP contribution >= 0.6 is 11.8 Å². The zero-order chi connectivity index (χ0) is 9.80. The third-order valence-corrected chi connectivity index (χ3v) is 3.49. The van der Waals surface area contributed by atoms with Gasteiger partial charge in [-0.3, -0.25) is 0 Å². The Kier molecular flexibility index (Phi) is 3.18. The Morgan fingerprint density at radius 1 is 1.64 bits per heavy atom. The molecule has 1 aromatic rings. The largest absolute Gasteiger partial charge is 0.339 e. The van der Waals surface area contributed by atoms with Crippen molar-refractivity contribution in [3.05, 3.63) is 11.7 Å². The third-order valence-electron chi connectivity index (χ3n) is 2.26. The van der Waals surface area contributed by atoms with Crippen molar-refractivity contribution in [3.8, 4) is 0 Å². The number of carbonyl (C=O) groups is 1. The Balaban J connectivity index is 1.91. The molecule has 1 saturated heterocycles. The van der Waals surface area contributed by atoms with Gasteiger partial charge < -0.3 is 9.32 Å². The summed E-state index contributed by atoms with van der Waals surface area (Å²) in [6, 6.07) is 0. The van der Waals surface area contributed by atoms with Gasteiger partial charge in [0.2, 0.25) is 5.89 Å². The van der Waals surface area contributed by atoms with Crippen LogP contribution in [0.5, 0.6) is 0 Å². The van der Waals surface area contributed by atoms with E-state index < -0.39 is 0 Å². The van der Waals surface area contributed by atoms with E-state index in [2.05, 4.69) is 10.1 Å². The van der Waals surface area contributed by atoms with E-state index in [0.29, 0.717) is 11.8 Å². The third kappa shape index (κ3) is 2.35. The van der Waals surface area contributed by atoms with Crippen LogP contribution in [-0.4, -0.2) is 27.9 Å². The summed E-state index contributed by atoms with van der Waals surface area (Å²) in [4.78, 5) is 14.3. The summed E-state index contributed by atoms with van der Waals surface area (Å²) in [7, 11) is 0. The highest BCUT2D eigenvalue weighted by Gasteiger charge is 2.18. The number of aldehydes is 1. The normalized spacial score (nSPS) is 21.3. The van der Waals surface area contributed by atoms with Crippen molar-refractivity contribution in [2.24, 2.45) is 5.92 Å². The predicted molar refractivity (Wildman–Crippen MR) is 53.2 cm³/mol. The molecule has 1 fully saturated rings. The molecule has 1 aliphatic heterocycles. The molecule has 1 atom stereocenters. The first kappa shape index (κ1) is 9.71. The van der Waals surface area contributed by atoms with E-state index in [1.807, 2.05) is 11.8 Å². The molecule has 1 aliphatic rings. The molecule has 2 rings (SSSR count). The minimum atomic E-state index is 0.229. The van der Waals surface area contributed by atoms with Gasteiger partial charge in [-0.25, -0.2) is 0 Å². The maximum absolute atomic E-state index is 10.2. The number of nitrogens with zero attached hydrogens (tertiary/aromatic N) is 2. The summed E-state index contributed by atoms with van der Waals surface area (Å²) >= 11 is 1.98. The summed E-state index contributed by atoms with van der Waals surface area (Å²) in [6.07, 6.45) is 3.13. The SMILES string of the molecule is O=CCc1nc(CC2CCSC2)no1. The summed E-state index contributed by atoms with van der Waals surface area (Å²) in [6.45, 7) is 0. The van der Waals surface area contributed by atoms with Crippen LogP contribution in [0.2, 0.25) is 0 Å². The van der Waals surface area contributed by atoms with Crippen molar-refractivity contribution in [1.29, 1.82) is 0 Å². The maximum atomic E-state index is 10.2. The van der Waals surface area contributed by atoms with Crippen molar-refractivity contribution < 1.29 is 9.32 Å². The topological polar surface area (TPSA) is 56.0 Å². The van der Waals surface area contributed by atoms with Gasteiger partial charge in [-0.1, -0.05) is 5.16 Å². The lowest BCUT2D eigenvalue weighted by Crippen LogP contribution is -2.04. The first-order chi connectivity index (χ1) is 6.88. The van der Waals surface area contributed by atoms with Gasteiger partial charge in [0.1, 0.15) is 6.29 Å². The van der Waals surface area contributed by atoms with Crippen molar-refractivity contribution in [3.63, 3.8) is 0 Å². The molecule has 76 valence electrons. The van der Waals surface area contributed by atoms with E-state index in [1.165, 1.54) is 17.9 Å². The Labute approximate surface area is 86.4 Å². The molecule has 0 saturated carbocycles. The molecule has 0 amide bonds. The van der Waals surface area contributed by atoms with Crippen LogP contribution in [0.15, 0.2) is 4.52 Å². The number of carbonyl (C=O) groups excluding carboxylic acids is 1. The second-order valence-corrected chi connectivity index (χ2v) is 4.56. The Morgan fingerprint density at radius 2 is 2.57 bits per heavy atom. The van der Waals surface area contributed by atoms with E-state index in [9.17, 15) is 4.79 Å². The average Bonchev–Trinajstić information content (AvgIpc) is 2.79. The fourth-order valence-electron chi connectivity index (χ4n) is 1.53. The average molecular weight is 212 g/mol. The summed E-state index contributed by atoms with van der Waals surface area (Å²) in [5.41, 5.74) is 0. The van der Waals surface area contributed by atoms with E-state index >= 15 is 0 Å². The molecule has 0 aliphatic carbocycles. The molecule has 1 unspecified atom stereocenters. The summed E-state index contributed by atoms with van der Waals surface area (Å²) in [5, 5.41) is 3.84. The van der Waals surface area contributed by atoms with Crippen LogP contribution in [0.25, 0.3) is 0 Å². The minimum absolute atomic E-state index is 0.229. The second-order valence-electron chi connectivity index (χ2n) is 3.41. The maximum Gasteiger partial charge on any atom is 0.233 e. The highest BCUT2D eigenvalue weighted by molar-refractivity contribution is 7.99. The van der Waals surface area contributed by atoms with Crippen LogP contribution < -0.4 is 0 Å². The summed E-state index contributed by atoms with van der Waals surface area (Å²) in [5.74, 6) is 4.29. The zero-order valence-electron chi connectivity index (χ0n) is 7.81. The van der Waals surface area contributed by atoms with Gasteiger partial charge in [-0.15, -0.1) is 0 Å². The van der Waals surface area contributed by atoms with Crippen LogP contribution in [0.4, 0.5) is 0 Å². The van der Waals surface area contributed by atoms with Crippen molar-refractivity contribution in [2.75, 3.05) is 11.5 Å². The monoisotopic (exact) mass is 212 g/mol. The molecule has 5 heteroatoms. The number of thioether (sulfide) groups is 1. The van der Waals surface area contributed by atoms with Crippen molar-refractivity contribution in [2.45, 2.75) is 19.3 Å². The quantitative estimate of drug-likeness (QED) is 0.700. The number of aromatic nitrogens is 2. The number of hydrogen-bond acceptors (Lipinski definition) is 5. The van der Waals surface area contributed by atoms with Crippen molar-refractivity contribution in [1.82, 2.24) is 10.1 Å². The lowest BCUT2D eigenvalue weighted by molar-refractivity contribution is -0.107. The predicted octanol–water partition coefficient (Wildman–Crippen LogP) is 1.11. The van der Waals surface area contributed by atoms with Crippen molar-refractivity contribution >= 4 is 18.0 Å². The molecular formula is C9H12N2O2S. The van der Waals surface area contributed by atoms with Gasteiger partial charge in [0.05, 0.1) is 6.42 Å². The van der Waals surface area contributed by atoms with Crippen LogP contribution in [-0.2, 0) is 17.6 Å². The first-order valence-corrected chi connectivity index (χ1v) is 5.87. The van der Waals surface area contributed by atoms with Gasteiger partial charge in [-0.05, 0) is 23.8 Å². The zero-order valence-corrected chi connectivity index (χ0v) is 8.63. The molecule has 0 bridgehead atoms. The van der Waals surface area contributed by atoms with Crippen LogP contribution in [0.3, 0.4) is 0 Å². The highest BCUT2D eigenvalue weighted by Crippen LogP contribution is 2.25.